The highest BCUT2D eigenvalue weighted by atomic mass is 16.4. The molecule has 1 aromatic carbocycles. The molecule has 0 radical (unpaired) electrons. The van der Waals surface area contributed by atoms with E-state index in [1.807, 2.05) is 35.9 Å². The van der Waals surface area contributed by atoms with Gasteiger partial charge in [-0.1, -0.05) is 12.1 Å². The molecule has 17 heavy (non-hydrogen) atoms. The van der Waals surface area contributed by atoms with Crippen LogP contribution in [-0.2, 0) is 18.4 Å². The number of nitrogens with zero attached hydrogens (tertiary/aromatic N) is 3. The number of aromatic nitrogens is 2. The number of fused-ring (bicyclic) bond motifs is 1. The number of hydrogen-bond donors (Lipinski definition) is 1. The SMILES string of the molecule is CN(CC(=O)O)Cc1nc2ccccc2n1C. The third-order valence-corrected chi connectivity index (χ3v) is 2.70. The molecule has 5 heteroatoms. The van der Waals surface area contributed by atoms with Crippen LogP contribution < -0.4 is 0 Å². The van der Waals surface area contributed by atoms with E-state index < -0.39 is 5.97 Å². The summed E-state index contributed by atoms with van der Waals surface area (Å²) in [5.74, 6) is 0.0428. The van der Waals surface area contributed by atoms with Crippen LogP contribution in [0.3, 0.4) is 0 Å². The molecule has 0 aliphatic heterocycles. The van der Waals surface area contributed by atoms with Crippen LogP contribution in [0.5, 0.6) is 0 Å². The Morgan fingerprint density at radius 1 is 1.47 bits per heavy atom. The summed E-state index contributed by atoms with van der Waals surface area (Å²) in [6.45, 7) is 0.542. The largest absolute Gasteiger partial charge is 0.480 e. The van der Waals surface area contributed by atoms with Gasteiger partial charge in [-0.15, -0.1) is 0 Å². The van der Waals surface area contributed by atoms with Gasteiger partial charge in [-0.05, 0) is 19.2 Å². The van der Waals surface area contributed by atoms with Crippen molar-refractivity contribution in [3.63, 3.8) is 0 Å². The number of imidazole rings is 1. The average molecular weight is 233 g/mol. The molecule has 0 fully saturated rings. The standard InChI is InChI=1S/C12H15N3O2/c1-14(8-12(16)17)7-11-13-9-5-3-4-6-10(9)15(11)2/h3-6H,7-8H2,1-2H3,(H,16,17). The van der Waals surface area contributed by atoms with E-state index in [1.54, 1.807) is 11.9 Å². The van der Waals surface area contributed by atoms with Gasteiger partial charge in [-0.2, -0.15) is 0 Å². The van der Waals surface area contributed by atoms with Crippen molar-refractivity contribution in [3.8, 4) is 0 Å². The fourth-order valence-corrected chi connectivity index (χ4v) is 1.87. The first-order valence-electron chi connectivity index (χ1n) is 5.38. The van der Waals surface area contributed by atoms with E-state index in [4.69, 9.17) is 5.11 Å². The van der Waals surface area contributed by atoms with E-state index >= 15 is 0 Å². The number of rotatable bonds is 4. The number of carboxylic acid groups (broad SMARTS) is 1. The Morgan fingerprint density at radius 3 is 2.82 bits per heavy atom. The van der Waals surface area contributed by atoms with E-state index in [0.29, 0.717) is 6.54 Å². The van der Waals surface area contributed by atoms with Gasteiger partial charge in [0.2, 0.25) is 0 Å². The zero-order valence-corrected chi connectivity index (χ0v) is 9.92. The van der Waals surface area contributed by atoms with Crippen molar-refractivity contribution in [3.05, 3.63) is 30.1 Å². The molecule has 2 aromatic rings. The second kappa shape index (κ2) is 4.55. The van der Waals surface area contributed by atoms with Gasteiger partial charge >= 0.3 is 5.97 Å². The van der Waals surface area contributed by atoms with E-state index in [9.17, 15) is 4.79 Å². The summed E-state index contributed by atoms with van der Waals surface area (Å²) in [6, 6.07) is 7.87. The third kappa shape index (κ3) is 2.45. The highest BCUT2D eigenvalue weighted by Crippen LogP contribution is 2.14. The summed E-state index contributed by atoms with van der Waals surface area (Å²) in [5.41, 5.74) is 2.00. The second-order valence-electron chi connectivity index (χ2n) is 4.14. The van der Waals surface area contributed by atoms with E-state index in [2.05, 4.69) is 4.98 Å². The maximum Gasteiger partial charge on any atom is 0.317 e. The molecule has 0 aliphatic carbocycles. The number of carbonyl (C=O) groups is 1. The van der Waals surface area contributed by atoms with Gasteiger partial charge in [0.05, 0.1) is 24.1 Å². The van der Waals surface area contributed by atoms with Crippen LogP contribution in [0.15, 0.2) is 24.3 Å². The van der Waals surface area contributed by atoms with E-state index in [-0.39, 0.29) is 6.54 Å². The topological polar surface area (TPSA) is 58.4 Å². The lowest BCUT2D eigenvalue weighted by Crippen LogP contribution is -2.26. The molecule has 2 rings (SSSR count). The molecule has 0 bridgehead atoms. The van der Waals surface area contributed by atoms with Gasteiger partial charge in [0.15, 0.2) is 0 Å². The molecular weight excluding hydrogens is 218 g/mol. The number of likely N-dealkylation sites (N-methyl/N-ethyl adjacent to an activating group) is 1. The van der Waals surface area contributed by atoms with Crippen molar-refractivity contribution in [1.82, 2.24) is 14.5 Å². The van der Waals surface area contributed by atoms with E-state index in [1.165, 1.54) is 0 Å². The minimum absolute atomic E-state index is 0.0171. The van der Waals surface area contributed by atoms with Gasteiger partial charge in [-0.3, -0.25) is 9.69 Å². The van der Waals surface area contributed by atoms with Crippen LogP contribution in [0.2, 0.25) is 0 Å². The summed E-state index contributed by atoms with van der Waals surface area (Å²) in [6.07, 6.45) is 0. The Kier molecular flexibility index (Phi) is 3.10. The number of aliphatic carboxylic acids is 1. The fraction of sp³-hybridized carbons (Fsp3) is 0.333. The lowest BCUT2D eigenvalue weighted by Gasteiger charge is -2.13. The Bertz CT molecular complexity index is 548. The Morgan fingerprint density at radius 2 is 2.18 bits per heavy atom. The minimum atomic E-state index is -0.828. The molecule has 0 saturated heterocycles. The van der Waals surface area contributed by atoms with Gasteiger partial charge < -0.3 is 9.67 Å². The van der Waals surface area contributed by atoms with Gasteiger partial charge in [0.1, 0.15) is 5.82 Å². The van der Waals surface area contributed by atoms with Crippen LogP contribution in [-0.4, -0.2) is 39.1 Å². The second-order valence-corrected chi connectivity index (χ2v) is 4.14. The van der Waals surface area contributed by atoms with Crippen LogP contribution >= 0.6 is 0 Å². The number of benzene rings is 1. The molecule has 90 valence electrons. The molecule has 1 aromatic heterocycles. The van der Waals surface area contributed by atoms with Gasteiger partial charge in [-0.25, -0.2) is 4.98 Å². The quantitative estimate of drug-likeness (QED) is 0.858. The Balaban J connectivity index is 2.24. The highest BCUT2D eigenvalue weighted by molar-refractivity contribution is 5.75. The number of para-hydroxylation sites is 2. The van der Waals surface area contributed by atoms with Crippen molar-refractivity contribution in [2.45, 2.75) is 6.54 Å². The first-order valence-corrected chi connectivity index (χ1v) is 5.38. The zero-order valence-electron chi connectivity index (χ0n) is 9.92. The molecule has 1 heterocycles. The van der Waals surface area contributed by atoms with Crippen LogP contribution in [0.4, 0.5) is 0 Å². The maximum absolute atomic E-state index is 10.6. The molecule has 1 N–H and O–H groups in total. The summed E-state index contributed by atoms with van der Waals surface area (Å²) in [5, 5.41) is 8.70. The smallest absolute Gasteiger partial charge is 0.317 e. The monoisotopic (exact) mass is 233 g/mol. The predicted octanol–water partition coefficient (Wildman–Crippen LogP) is 1.09. The molecule has 0 spiro atoms. The molecule has 0 amide bonds. The summed E-state index contributed by atoms with van der Waals surface area (Å²) in [4.78, 5) is 16.8. The lowest BCUT2D eigenvalue weighted by atomic mass is 10.3. The van der Waals surface area contributed by atoms with Crippen molar-refractivity contribution in [2.75, 3.05) is 13.6 Å². The zero-order chi connectivity index (χ0) is 12.4. The summed E-state index contributed by atoms with van der Waals surface area (Å²) in [7, 11) is 3.72. The molecule has 0 atom stereocenters. The first kappa shape index (κ1) is 11.6. The van der Waals surface area contributed by atoms with Crippen LogP contribution in [0.25, 0.3) is 11.0 Å². The van der Waals surface area contributed by atoms with Crippen LogP contribution in [0, 0.1) is 0 Å². The molecular formula is C12H15N3O2. The number of carboxylic acids is 1. The van der Waals surface area contributed by atoms with Gasteiger partial charge in [0.25, 0.3) is 0 Å². The van der Waals surface area contributed by atoms with Crippen molar-refractivity contribution in [2.24, 2.45) is 7.05 Å². The van der Waals surface area contributed by atoms with Crippen molar-refractivity contribution in [1.29, 1.82) is 0 Å². The minimum Gasteiger partial charge on any atom is -0.480 e. The normalized spacial score (nSPS) is 11.2. The molecule has 0 unspecified atom stereocenters. The summed E-state index contributed by atoms with van der Waals surface area (Å²) >= 11 is 0. The van der Waals surface area contributed by atoms with Gasteiger partial charge in [0, 0.05) is 7.05 Å². The van der Waals surface area contributed by atoms with Crippen molar-refractivity contribution < 1.29 is 9.90 Å². The van der Waals surface area contributed by atoms with Crippen molar-refractivity contribution >= 4 is 17.0 Å². The molecule has 0 aliphatic rings. The first-order chi connectivity index (χ1) is 8.08. The average Bonchev–Trinajstić information content (AvgIpc) is 2.55. The number of hydrogen-bond acceptors (Lipinski definition) is 3. The highest BCUT2D eigenvalue weighted by Gasteiger charge is 2.11. The molecule has 0 saturated carbocycles. The Hall–Kier alpha value is -1.88. The molecule has 5 nitrogen and oxygen atoms in total. The number of aryl methyl sites for hydroxylation is 1. The Labute approximate surface area is 99.3 Å². The fourth-order valence-electron chi connectivity index (χ4n) is 1.87. The summed E-state index contributed by atoms with van der Waals surface area (Å²) < 4.78 is 1.99. The van der Waals surface area contributed by atoms with Crippen LogP contribution in [0.1, 0.15) is 5.82 Å². The van der Waals surface area contributed by atoms with E-state index in [0.717, 1.165) is 16.9 Å². The predicted molar refractivity (Wildman–Crippen MR) is 64.7 cm³/mol. The lowest BCUT2D eigenvalue weighted by molar-refractivity contribution is -0.138. The maximum atomic E-state index is 10.6. The third-order valence-electron chi connectivity index (χ3n) is 2.70.